The Bertz CT molecular complexity index is 1230. The molecule has 0 heterocycles. The Hall–Kier alpha value is -1.66. The van der Waals surface area contributed by atoms with Crippen LogP contribution in [0.15, 0.2) is 24.3 Å². The van der Waals surface area contributed by atoms with E-state index in [0.29, 0.717) is 19.4 Å². The minimum atomic E-state index is -0.842. The van der Waals surface area contributed by atoms with Crippen LogP contribution in [0.2, 0.25) is 0 Å². The first-order valence-corrected chi connectivity index (χ1v) is 36.1. The fraction of sp³-hybridized carbons (Fsp3) is 0.918. The molecule has 1 amide bonds. The quantitative estimate of drug-likeness (QED) is 0.0320. The van der Waals surface area contributed by atoms with Crippen LogP contribution in [-0.2, 0) is 14.3 Å². The van der Waals surface area contributed by atoms with Crippen molar-refractivity contribution in [1.29, 1.82) is 0 Å². The summed E-state index contributed by atoms with van der Waals surface area (Å²) < 4.78 is 5.49. The van der Waals surface area contributed by atoms with Crippen LogP contribution in [0.25, 0.3) is 0 Å². The van der Waals surface area contributed by atoms with Crippen LogP contribution in [0.3, 0.4) is 0 Å². The van der Waals surface area contributed by atoms with Crippen molar-refractivity contribution >= 4 is 11.9 Å². The van der Waals surface area contributed by atoms with E-state index < -0.39 is 12.1 Å². The van der Waals surface area contributed by atoms with Gasteiger partial charge < -0.3 is 20.3 Å². The number of esters is 1. The molecule has 6 heteroatoms. The molecule has 0 aliphatic rings. The molecule has 6 nitrogen and oxygen atoms in total. The van der Waals surface area contributed by atoms with Gasteiger partial charge in [-0.2, -0.15) is 0 Å². The predicted molar refractivity (Wildman–Crippen MR) is 347 cm³/mol. The molecule has 0 saturated carbocycles. The molecule has 0 radical (unpaired) electrons. The molecule has 3 N–H and O–H groups in total. The van der Waals surface area contributed by atoms with E-state index in [9.17, 15) is 19.8 Å². The Kier molecular flexibility index (Phi) is 67.4. The van der Waals surface area contributed by atoms with Gasteiger partial charge in [0.25, 0.3) is 0 Å². The number of carbonyl (C=O) groups excluding carboxylic acids is 2. The monoisotopic (exact) mass is 1110 g/mol. The predicted octanol–water partition coefficient (Wildman–Crippen LogP) is 23.3. The number of allylic oxidation sites excluding steroid dienone is 3. The third kappa shape index (κ3) is 65.4. The van der Waals surface area contributed by atoms with Crippen LogP contribution < -0.4 is 5.32 Å². The lowest BCUT2D eigenvalue weighted by molar-refractivity contribution is -0.143. The van der Waals surface area contributed by atoms with Crippen LogP contribution in [-0.4, -0.2) is 47.4 Å². The second-order valence-electron chi connectivity index (χ2n) is 24.9. The van der Waals surface area contributed by atoms with Gasteiger partial charge in [-0.25, -0.2) is 0 Å². The molecule has 79 heavy (non-hydrogen) atoms. The van der Waals surface area contributed by atoms with Gasteiger partial charge in [0.1, 0.15) is 0 Å². The molecule has 2 atom stereocenters. The maximum atomic E-state index is 12.5. The van der Waals surface area contributed by atoms with Gasteiger partial charge in [-0.3, -0.25) is 9.59 Å². The van der Waals surface area contributed by atoms with Gasteiger partial charge in [0, 0.05) is 12.8 Å². The molecule has 468 valence electrons. The average Bonchev–Trinajstić information content (AvgIpc) is 3.45. The number of aliphatic hydroxyl groups is 2. The number of unbranched alkanes of at least 4 members (excludes halogenated alkanes) is 55. The van der Waals surface area contributed by atoms with Gasteiger partial charge in [0.15, 0.2) is 0 Å². The fourth-order valence-electron chi connectivity index (χ4n) is 11.5. The third-order valence-corrected chi connectivity index (χ3v) is 17.0. The molecular weight excluding hydrogens is 971 g/mol. The number of hydrogen-bond donors (Lipinski definition) is 3. The van der Waals surface area contributed by atoms with E-state index >= 15 is 0 Å². The lowest BCUT2D eigenvalue weighted by atomic mass is 10.0. The molecule has 0 aliphatic heterocycles. The highest BCUT2D eigenvalue weighted by atomic mass is 16.5. The molecule has 0 saturated heterocycles. The third-order valence-electron chi connectivity index (χ3n) is 17.0. The first-order chi connectivity index (χ1) is 39.0. The van der Waals surface area contributed by atoms with Crippen molar-refractivity contribution in [3.05, 3.63) is 24.3 Å². The van der Waals surface area contributed by atoms with Crippen molar-refractivity contribution in [2.75, 3.05) is 13.2 Å². The summed E-state index contributed by atoms with van der Waals surface area (Å²) in [5.74, 6) is -0.0490. The maximum absolute atomic E-state index is 12.5. The van der Waals surface area contributed by atoms with Crippen LogP contribution in [0.1, 0.15) is 406 Å². The summed E-state index contributed by atoms with van der Waals surface area (Å²) in [4.78, 5) is 24.6. The highest BCUT2D eigenvalue weighted by molar-refractivity contribution is 5.76. The number of hydrogen-bond acceptors (Lipinski definition) is 5. The summed E-state index contributed by atoms with van der Waals surface area (Å²) in [6.45, 7) is 4.94. The van der Waals surface area contributed by atoms with Gasteiger partial charge in [-0.05, 0) is 57.8 Å². The zero-order valence-electron chi connectivity index (χ0n) is 53.6. The van der Waals surface area contributed by atoms with E-state index in [1.165, 1.54) is 334 Å². The minimum absolute atomic E-state index is 0.0119. The topological polar surface area (TPSA) is 95.9 Å². The van der Waals surface area contributed by atoms with Gasteiger partial charge in [0.2, 0.25) is 5.91 Å². The van der Waals surface area contributed by atoms with E-state index in [4.69, 9.17) is 4.74 Å². The molecule has 0 aliphatic carbocycles. The number of carbonyl (C=O) groups is 2. The second-order valence-corrected chi connectivity index (χ2v) is 24.9. The number of rotatable bonds is 68. The Labute approximate surface area is 494 Å². The first-order valence-electron chi connectivity index (χ1n) is 36.1. The molecule has 0 aromatic heterocycles. The Balaban J connectivity index is 3.35. The van der Waals surface area contributed by atoms with Crippen LogP contribution in [0, 0.1) is 0 Å². The molecular formula is C73H141NO5. The summed E-state index contributed by atoms with van der Waals surface area (Å²) in [5, 5.41) is 23.2. The van der Waals surface area contributed by atoms with Crippen LogP contribution in [0.5, 0.6) is 0 Å². The van der Waals surface area contributed by atoms with Crippen molar-refractivity contribution < 1.29 is 24.5 Å². The Morgan fingerprint density at radius 3 is 0.899 bits per heavy atom. The second kappa shape index (κ2) is 68.8. The number of amides is 1. The molecule has 2 unspecified atom stereocenters. The van der Waals surface area contributed by atoms with Gasteiger partial charge >= 0.3 is 5.97 Å². The van der Waals surface area contributed by atoms with E-state index in [1.807, 2.05) is 6.08 Å². The van der Waals surface area contributed by atoms with Crippen molar-refractivity contribution in [1.82, 2.24) is 5.32 Å². The molecule has 0 aromatic rings. The zero-order chi connectivity index (χ0) is 57.1. The van der Waals surface area contributed by atoms with Crippen molar-refractivity contribution in [3.8, 4) is 0 Å². The van der Waals surface area contributed by atoms with E-state index in [2.05, 4.69) is 31.3 Å². The summed E-state index contributed by atoms with van der Waals surface area (Å²) in [6.07, 6.45) is 86.9. The lowest BCUT2D eigenvalue weighted by Gasteiger charge is -2.20. The van der Waals surface area contributed by atoms with E-state index in [-0.39, 0.29) is 18.5 Å². The SMILES string of the molecule is CCCCCCCC/C=C\CCCCCCCC(=O)OCCCCCCCCCCCCCCCCCCCCCCCCCCCCCCCC(=O)NC(CO)C(O)/C=C/CCCCCCCCCCCCCCCCCC. The average molecular weight is 1110 g/mol. The molecule has 0 bridgehead atoms. The van der Waals surface area contributed by atoms with Crippen molar-refractivity contribution in [2.24, 2.45) is 0 Å². The normalized spacial score (nSPS) is 12.6. The summed E-state index contributed by atoms with van der Waals surface area (Å²) in [5.41, 5.74) is 0. The van der Waals surface area contributed by atoms with E-state index in [1.54, 1.807) is 6.08 Å². The van der Waals surface area contributed by atoms with E-state index in [0.717, 1.165) is 44.9 Å². The minimum Gasteiger partial charge on any atom is -0.466 e. The number of ether oxygens (including phenoxy) is 1. The fourth-order valence-corrected chi connectivity index (χ4v) is 11.5. The largest absolute Gasteiger partial charge is 0.466 e. The lowest BCUT2D eigenvalue weighted by Crippen LogP contribution is -2.45. The zero-order valence-corrected chi connectivity index (χ0v) is 53.6. The summed E-state index contributed by atoms with van der Waals surface area (Å²) >= 11 is 0. The van der Waals surface area contributed by atoms with Crippen LogP contribution >= 0.6 is 0 Å². The van der Waals surface area contributed by atoms with Gasteiger partial charge in [-0.15, -0.1) is 0 Å². The first kappa shape index (κ1) is 77.3. The number of aliphatic hydroxyl groups excluding tert-OH is 2. The molecule has 0 spiro atoms. The maximum Gasteiger partial charge on any atom is 0.305 e. The summed E-state index contributed by atoms with van der Waals surface area (Å²) in [6, 6.07) is -0.625. The molecule has 0 aromatic carbocycles. The standard InChI is InChI=1S/C73H141NO5/c1-3-5-7-9-11-13-15-17-19-20-34-38-41-45-49-53-57-61-65-71(76)70(69-75)74-72(77)66-62-58-54-50-46-42-39-35-32-30-28-26-24-22-21-23-25-27-29-31-33-36-40-44-48-52-56-60-64-68-79-73(78)67-63-59-55-51-47-43-37-18-16-14-12-10-8-6-4-2/h18,37,61,65,70-71,75-76H,3-17,19-36,38-60,62-64,66-69H2,1-2H3,(H,74,77)/b37-18-,65-61+. The highest BCUT2D eigenvalue weighted by Gasteiger charge is 2.18. The Morgan fingerprint density at radius 1 is 0.342 bits per heavy atom. The van der Waals surface area contributed by atoms with Crippen molar-refractivity contribution in [3.63, 3.8) is 0 Å². The van der Waals surface area contributed by atoms with Crippen molar-refractivity contribution in [2.45, 2.75) is 418 Å². The highest BCUT2D eigenvalue weighted by Crippen LogP contribution is 2.19. The summed E-state index contributed by atoms with van der Waals surface area (Å²) in [7, 11) is 0. The van der Waals surface area contributed by atoms with Gasteiger partial charge in [-0.1, -0.05) is 359 Å². The van der Waals surface area contributed by atoms with Gasteiger partial charge in [0.05, 0.1) is 25.4 Å². The van der Waals surface area contributed by atoms with Crippen LogP contribution in [0.4, 0.5) is 0 Å². The number of nitrogens with one attached hydrogen (secondary N) is 1. The smallest absolute Gasteiger partial charge is 0.305 e. The Morgan fingerprint density at radius 2 is 0.595 bits per heavy atom. The molecule has 0 fully saturated rings. The molecule has 0 rings (SSSR count).